The summed E-state index contributed by atoms with van der Waals surface area (Å²) in [6.07, 6.45) is -0.154. The first-order chi connectivity index (χ1) is 12.3. The maximum absolute atomic E-state index is 12.9. The molecule has 0 aliphatic rings. The summed E-state index contributed by atoms with van der Waals surface area (Å²) in [7, 11) is 0. The van der Waals surface area contributed by atoms with Crippen LogP contribution in [0.3, 0.4) is 0 Å². The number of hydrogen-bond donors (Lipinski definition) is 1. The van der Waals surface area contributed by atoms with Gasteiger partial charge in [0.15, 0.2) is 0 Å². The molecular formula is C18H16F3N3O2. The number of hydrogen-bond acceptors (Lipinski definition) is 3. The van der Waals surface area contributed by atoms with Crippen LogP contribution in [-0.2, 0) is 6.18 Å². The van der Waals surface area contributed by atoms with Gasteiger partial charge in [-0.25, -0.2) is 4.68 Å². The number of halogens is 3. The molecule has 0 aliphatic heterocycles. The number of carbonyl (C=O) groups is 1. The molecule has 5 nitrogen and oxygen atoms in total. The van der Waals surface area contributed by atoms with E-state index in [1.807, 2.05) is 0 Å². The second kappa shape index (κ2) is 6.70. The van der Waals surface area contributed by atoms with Gasteiger partial charge in [0.25, 0.3) is 5.91 Å². The molecule has 8 heteroatoms. The summed E-state index contributed by atoms with van der Waals surface area (Å²) in [6, 6.07) is 6.10. The average Bonchev–Trinajstić information content (AvgIpc) is 3.23. The Kier molecular flexibility index (Phi) is 4.58. The van der Waals surface area contributed by atoms with E-state index in [1.54, 1.807) is 26.0 Å². The fourth-order valence-electron chi connectivity index (χ4n) is 2.67. The van der Waals surface area contributed by atoms with E-state index in [-0.39, 0.29) is 11.9 Å². The van der Waals surface area contributed by atoms with Gasteiger partial charge >= 0.3 is 6.18 Å². The summed E-state index contributed by atoms with van der Waals surface area (Å²) in [4.78, 5) is 12.1. The van der Waals surface area contributed by atoms with Gasteiger partial charge in [0.05, 0.1) is 35.3 Å². The van der Waals surface area contributed by atoms with Gasteiger partial charge in [0, 0.05) is 11.3 Å². The van der Waals surface area contributed by atoms with Crippen molar-refractivity contribution < 1.29 is 22.4 Å². The molecule has 0 spiro atoms. The number of alkyl halides is 3. The van der Waals surface area contributed by atoms with Crippen LogP contribution in [0.1, 0.15) is 40.1 Å². The number of nitrogens with one attached hydrogen (secondary N) is 1. The number of benzene rings is 1. The molecule has 2 heterocycles. The van der Waals surface area contributed by atoms with Gasteiger partial charge in [-0.1, -0.05) is 6.07 Å². The van der Waals surface area contributed by atoms with Gasteiger partial charge in [0.1, 0.15) is 6.26 Å². The number of carbonyl (C=O) groups excluding carboxylic acids is 1. The predicted molar refractivity (Wildman–Crippen MR) is 87.9 cm³/mol. The predicted octanol–water partition coefficient (Wildman–Crippen LogP) is 4.28. The minimum absolute atomic E-state index is 0.303. The molecule has 1 aromatic carbocycles. The molecule has 1 atom stereocenters. The molecule has 2 aromatic heterocycles. The third-order valence-electron chi connectivity index (χ3n) is 4.06. The van der Waals surface area contributed by atoms with Crippen LogP contribution < -0.4 is 5.32 Å². The zero-order valence-corrected chi connectivity index (χ0v) is 14.0. The number of rotatable bonds is 4. The quantitative estimate of drug-likeness (QED) is 0.752. The van der Waals surface area contributed by atoms with Gasteiger partial charge in [0.2, 0.25) is 0 Å². The second-order valence-corrected chi connectivity index (χ2v) is 5.85. The number of nitrogens with zero attached hydrogens (tertiary/aromatic N) is 2. The fraction of sp³-hybridized carbons (Fsp3) is 0.222. The highest BCUT2D eigenvalue weighted by atomic mass is 19.4. The summed E-state index contributed by atoms with van der Waals surface area (Å²) in [6.45, 7) is 3.52. The van der Waals surface area contributed by atoms with Crippen LogP contribution in [0.5, 0.6) is 0 Å². The Morgan fingerprint density at radius 1 is 1.31 bits per heavy atom. The minimum Gasteiger partial charge on any atom is -0.472 e. The standard InChI is InChI=1S/C18H16F3N3O2/c1-11(23-17(25)13-6-7-26-10-13)16-9-22-24(12(16)2)15-5-3-4-14(8-15)18(19,20)21/h3-11H,1-2H3,(H,23,25)/t11-/m0/s1. The highest BCUT2D eigenvalue weighted by Crippen LogP contribution is 2.31. The highest BCUT2D eigenvalue weighted by molar-refractivity contribution is 5.94. The Balaban J connectivity index is 1.85. The normalized spacial score (nSPS) is 12.8. The van der Waals surface area contributed by atoms with E-state index in [2.05, 4.69) is 10.4 Å². The van der Waals surface area contributed by atoms with Crippen molar-refractivity contribution in [2.24, 2.45) is 0 Å². The molecule has 1 N–H and O–H groups in total. The Labute approximate surface area is 147 Å². The summed E-state index contributed by atoms with van der Waals surface area (Å²) in [5.41, 5.74) is 1.30. The molecule has 0 unspecified atom stereocenters. The van der Waals surface area contributed by atoms with Crippen molar-refractivity contribution in [1.29, 1.82) is 0 Å². The van der Waals surface area contributed by atoms with Crippen molar-refractivity contribution in [3.63, 3.8) is 0 Å². The van der Waals surface area contributed by atoms with Crippen LogP contribution >= 0.6 is 0 Å². The lowest BCUT2D eigenvalue weighted by atomic mass is 10.1. The van der Waals surface area contributed by atoms with E-state index in [4.69, 9.17) is 4.42 Å². The van der Waals surface area contributed by atoms with E-state index < -0.39 is 11.7 Å². The molecule has 0 saturated heterocycles. The molecule has 3 aromatic rings. The fourth-order valence-corrected chi connectivity index (χ4v) is 2.67. The summed E-state index contributed by atoms with van der Waals surface area (Å²) >= 11 is 0. The Bertz CT molecular complexity index is 914. The maximum atomic E-state index is 12.9. The second-order valence-electron chi connectivity index (χ2n) is 5.85. The van der Waals surface area contributed by atoms with Gasteiger partial charge in [-0.05, 0) is 38.1 Å². The smallest absolute Gasteiger partial charge is 0.416 e. The van der Waals surface area contributed by atoms with Crippen LogP contribution in [0, 0.1) is 6.92 Å². The number of amides is 1. The summed E-state index contributed by atoms with van der Waals surface area (Å²) < 4.78 is 45.0. The SMILES string of the molecule is Cc1c([C@H](C)NC(=O)c2ccoc2)cnn1-c1cccc(C(F)(F)F)c1. The van der Waals surface area contributed by atoms with Crippen LogP contribution in [0.15, 0.2) is 53.5 Å². The molecule has 26 heavy (non-hydrogen) atoms. The maximum Gasteiger partial charge on any atom is 0.416 e. The molecule has 3 rings (SSSR count). The van der Waals surface area contributed by atoms with E-state index in [9.17, 15) is 18.0 Å². The number of aromatic nitrogens is 2. The Hall–Kier alpha value is -3.03. The minimum atomic E-state index is -4.42. The van der Waals surface area contributed by atoms with Gasteiger partial charge in [-0.3, -0.25) is 4.79 Å². The van der Waals surface area contributed by atoms with Crippen LogP contribution in [0.4, 0.5) is 13.2 Å². The highest BCUT2D eigenvalue weighted by Gasteiger charge is 2.30. The van der Waals surface area contributed by atoms with E-state index in [1.165, 1.54) is 29.5 Å². The van der Waals surface area contributed by atoms with Crippen molar-refractivity contribution in [2.45, 2.75) is 26.1 Å². The van der Waals surface area contributed by atoms with Crippen LogP contribution in [-0.4, -0.2) is 15.7 Å². The van der Waals surface area contributed by atoms with Gasteiger partial charge in [-0.15, -0.1) is 0 Å². The molecule has 1 amide bonds. The lowest BCUT2D eigenvalue weighted by molar-refractivity contribution is -0.137. The lowest BCUT2D eigenvalue weighted by Gasteiger charge is -2.14. The average molecular weight is 363 g/mol. The van der Waals surface area contributed by atoms with Crippen molar-refractivity contribution in [1.82, 2.24) is 15.1 Å². The Morgan fingerprint density at radius 2 is 2.08 bits per heavy atom. The first-order valence-electron chi connectivity index (χ1n) is 7.82. The zero-order chi connectivity index (χ0) is 18.9. The first kappa shape index (κ1) is 17.8. The van der Waals surface area contributed by atoms with Crippen LogP contribution in [0.2, 0.25) is 0 Å². The lowest BCUT2D eigenvalue weighted by Crippen LogP contribution is -2.26. The number of furan rings is 1. The molecule has 136 valence electrons. The topological polar surface area (TPSA) is 60.1 Å². The van der Waals surface area contributed by atoms with Crippen molar-refractivity contribution in [3.05, 3.63) is 71.4 Å². The molecular weight excluding hydrogens is 347 g/mol. The largest absolute Gasteiger partial charge is 0.472 e. The van der Waals surface area contributed by atoms with Crippen molar-refractivity contribution in [3.8, 4) is 5.69 Å². The van der Waals surface area contributed by atoms with Crippen molar-refractivity contribution in [2.75, 3.05) is 0 Å². The monoisotopic (exact) mass is 363 g/mol. The molecule has 0 radical (unpaired) electrons. The molecule has 0 aliphatic carbocycles. The molecule has 0 fully saturated rings. The third-order valence-corrected chi connectivity index (χ3v) is 4.06. The van der Waals surface area contributed by atoms with Crippen molar-refractivity contribution >= 4 is 5.91 Å². The van der Waals surface area contributed by atoms with E-state index in [0.717, 1.165) is 12.1 Å². The van der Waals surface area contributed by atoms with E-state index >= 15 is 0 Å². The Morgan fingerprint density at radius 3 is 2.73 bits per heavy atom. The van der Waals surface area contributed by atoms with Crippen LogP contribution in [0.25, 0.3) is 5.69 Å². The van der Waals surface area contributed by atoms with Gasteiger partial charge < -0.3 is 9.73 Å². The first-order valence-corrected chi connectivity index (χ1v) is 7.82. The summed E-state index contributed by atoms with van der Waals surface area (Å²) in [5, 5.41) is 6.99. The van der Waals surface area contributed by atoms with E-state index in [0.29, 0.717) is 22.5 Å². The molecule has 0 bridgehead atoms. The third kappa shape index (κ3) is 3.49. The zero-order valence-electron chi connectivity index (χ0n) is 14.0. The molecule has 0 saturated carbocycles. The summed E-state index contributed by atoms with van der Waals surface area (Å²) in [5.74, 6) is -0.308. The van der Waals surface area contributed by atoms with Gasteiger partial charge in [-0.2, -0.15) is 18.3 Å².